The van der Waals surface area contributed by atoms with Gasteiger partial charge in [0.25, 0.3) is 5.91 Å². The number of nitrogens with zero attached hydrogens (tertiary/aromatic N) is 1. The molecule has 1 fully saturated rings. The van der Waals surface area contributed by atoms with Crippen LogP contribution in [0, 0.1) is 0 Å². The first kappa shape index (κ1) is 13.7. The second-order valence-electron chi connectivity index (χ2n) is 4.97. The number of carbonyl (C=O) groups excluding carboxylic acids is 4. The summed E-state index contributed by atoms with van der Waals surface area (Å²) in [6, 6.07) is 1.30. The van der Waals surface area contributed by atoms with Gasteiger partial charge in [0.2, 0.25) is 18.2 Å². The van der Waals surface area contributed by atoms with E-state index in [-0.39, 0.29) is 18.2 Å². The fraction of sp³-hybridized carbons (Fsp3) is 0.385. The van der Waals surface area contributed by atoms with Gasteiger partial charge in [-0.25, -0.2) is 0 Å². The summed E-state index contributed by atoms with van der Waals surface area (Å²) in [5, 5.41) is 4.83. The molecule has 7 nitrogen and oxygen atoms in total. The molecule has 110 valence electrons. The van der Waals surface area contributed by atoms with Gasteiger partial charge in [0.05, 0.1) is 11.4 Å². The molecule has 0 aromatic carbocycles. The van der Waals surface area contributed by atoms with Crippen molar-refractivity contribution < 1.29 is 19.2 Å². The van der Waals surface area contributed by atoms with Crippen molar-refractivity contribution >= 4 is 35.5 Å². The fourth-order valence-corrected chi connectivity index (χ4v) is 3.71. The molecule has 0 radical (unpaired) electrons. The van der Waals surface area contributed by atoms with E-state index < -0.39 is 11.9 Å². The molecule has 2 aliphatic rings. The molecule has 3 heterocycles. The van der Waals surface area contributed by atoms with Crippen LogP contribution in [0.15, 0.2) is 6.07 Å². The maximum absolute atomic E-state index is 12.4. The molecule has 1 atom stereocenters. The highest BCUT2D eigenvalue weighted by molar-refractivity contribution is 7.14. The van der Waals surface area contributed by atoms with Gasteiger partial charge in [0, 0.05) is 17.8 Å². The minimum absolute atomic E-state index is 0.179. The highest BCUT2D eigenvalue weighted by Gasteiger charge is 2.40. The average molecular weight is 307 g/mol. The third kappa shape index (κ3) is 2.42. The van der Waals surface area contributed by atoms with Crippen molar-refractivity contribution in [2.45, 2.75) is 32.0 Å². The third-order valence-electron chi connectivity index (χ3n) is 3.60. The molecule has 2 aliphatic heterocycles. The average Bonchev–Trinajstić information content (AvgIpc) is 2.97. The third-order valence-corrected chi connectivity index (χ3v) is 4.77. The topological polar surface area (TPSA) is 95.6 Å². The van der Waals surface area contributed by atoms with E-state index in [9.17, 15) is 19.2 Å². The highest BCUT2D eigenvalue weighted by Crippen LogP contribution is 2.33. The van der Waals surface area contributed by atoms with Crippen molar-refractivity contribution in [2.75, 3.05) is 0 Å². The highest BCUT2D eigenvalue weighted by atomic mass is 32.1. The number of piperidine rings is 1. The summed E-state index contributed by atoms with van der Waals surface area (Å²) in [7, 11) is 0. The van der Waals surface area contributed by atoms with Crippen LogP contribution in [0.4, 0.5) is 0 Å². The van der Waals surface area contributed by atoms with Gasteiger partial charge in [-0.3, -0.25) is 24.5 Å². The predicted molar refractivity (Wildman–Crippen MR) is 73.3 cm³/mol. The van der Waals surface area contributed by atoms with E-state index in [4.69, 9.17) is 0 Å². The molecule has 0 aliphatic carbocycles. The number of imide groups is 1. The quantitative estimate of drug-likeness (QED) is 0.592. The molecule has 8 heteroatoms. The number of hydrogen-bond acceptors (Lipinski definition) is 5. The van der Waals surface area contributed by atoms with Crippen molar-refractivity contribution in [2.24, 2.45) is 0 Å². The minimum atomic E-state index is -0.577. The Morgan fingerprint density at radius 3 is 2.90 bits per heavy atom. The SMILES string of the molecule is O=CNCc1cc2c(s1)C(=O)N(C1CCC(=O)NC1=O)C2. The Balaban J connectivity index is 1.75. The Kier molecular flexibility index (Phi) is 3.46. The van der Waals surface area contributed by atoms with E-state index in [1.54, 1.807) is 0 Å². The van der Waals surface area contributed by atoms with E-state index >= 15 is 0 Å². The van der Waals surface area contributed by atoms with E-state index in [1.807, 2.05) is 6.07 Å². The van der Waals surface area contributed by atoms with Crippen LogP contribution in [0.25, 0.3) is 0 Å². The van der Waals surface area contributed by atoms with Gasteiger partial charge >= 0.3 is 0 Å². The molecule has 1 unspecified atom stereocenters. The first-order chi connectivity index (χ1) is 10.1. The number of rotatable bonds is 4. The second kappa shape index (κ2) is 5.28. The van der Waals surface area contributed by atoms with E-state index in [0.29, 0.717) is 30.8 Å². The Hall–Kier alpha value is -2.22. The van der Waals surface area contributed by atoms with Crippen LogP contribution in [0.3, 0.4) is 0 Å². The first-order valence-corrected chi connectivity index (χ1v) is 7.35. The minimum Gasteiger partial charge on any atom is -0.354 e. The Morgan fingerprint density at radius 2 is 2.24 bits per heavy atom. The molecular weight excluding hydrogens is 294 g/mol. The zero-order valence-corrected chi connectivity index (χ0v) is 11.9. The summed E-state index contributed by atoms with van der Waals surface area (Å²) in [6.45, 7) is 0.769. The van der Waals surface area contributed by atoms with Crippen LogP contribution in [0.2, 0.25) is 0 Å². The van der Waals surface area contributed by atoms with E-state index in [2.05, 4.69) is 10.6 Å². The molecule has 1 saturated heterocycles. The lowest BCUT2D eigenvalue weighted by atomic mass is 10.0. The molecule has 2 N–H and O–H groups in total. The molecule has 4 amide bonds. The number of fused-ring (bicyclic) bond motifs is 1. The molecule has 1 aromatic rings. The van der Waals surface area contributed by atoms with Crippen LogP contribution < -0.4 is 10.6 Å². The van der Waals surface area contributed by atoms with Crippen LogP contribution in [0.5, 0.6) is 0 Å². The standard InChI is InChI=1S/C13H13N3O4S/c17-6-14-4-8-3-7-5-16(13(20)11(7)21-8)9-1-2-10(18)15-12(9)19/h3,6,9H,1-2,4-5H2,(H,14,17)(H,15,18,19). The van der Waals surface area contributed by atoms with Crippen molar-refractivity contribution in [1.29, 1.82) is 0 Å². The molecule has 21 heavy (non-hydrogen) atoms. The van der Waals surface area contributed by atoms with Gasteiger partial charge in [-0.1, -0.05) is 0 Å². The zero-order valence-electron chi connectivity index (χ0n) is 11.0. The number of amides is 4. The number of thiophene rings is 1. The van der Waals surface area contributed by atoms with Crippen LogP contribution >= 0.6 is 11.3 Å². The summed E-state index contributed by atoms with van der Waals surface area (Å²) in [6.07, 6.45) is 1.23. The van der Waals surface area contributed by atoms with Gasteiger partial charge in [-0.05, 0) is 18.1 Å². The van der Waals surface area contributed by atoms with Gasteiger partial charge < -0.3 is 10.2 Å². The zero-order chi connectivity index (χ0) is 15.0. The van der Waals surface area contributed by atoms with Crippen LogP contribution in [0.1, 0.15) is 33.0 Å². The summed E-state index contributed by atoms with van der Waals surface area (Å²) in [5.41, 5.74) is 0.873. The van der Waals surface area contributed by atoms with Gasteiger partial charge in [-0.15, -0.1) is 11.3 Å². The fourth-order valence-electron chi connectivity index (χ4n) is 2.63. The maximum atomic E-state index is 12.4. The summed E-state index contributed by atoms with van der Waals surface area (Å²) in [5.74, 6) is -0.876. The molecule has 1 aromatic heterocycles. The normalized spacial score (nSPS) is 21.2. The van der Waals surface area contributed by atoms with Crippen molar-refractivity contribution in [3.8, 4) is 0 Å². The number of hydrogen-bond donors (Lipinski definition) is 2. The molecular formula is C13H13N3O4S. The summed E-state index contributed by atoms with van der Waals surface area (Å²) < 4.78 is 0. The predicted octanol–water partition coefficient (Wildman–Crippen LogP) is -0.245. The smallest absolute Gasteiger partial charge is 0.265 e. The van der Waals surface area contributed by atoms with E-state index in [1.165, 1.54) is 16.2 Å². The molecule has 0 spiro atoms. The Morgan fingerprint density at radius 1 is 1.43 bits per heavy atom. The van der Waals surface area contributed by atoms with Crippen molar-refractivity contribution in [3.63, 3.8) is 0 Å². The lowest BCUT2D eigenvalue weighted by molar-refractivity contribution is -0.136. The monoisotopic (exact) mass is 307 g/mol. The maximum Gasteiger partial charge on any atom is 0.265 e. The van der Waals surface area contributed by atoms with Gasteiger partial charge in [0.1, 0.15) is 6.04 Å². The Bertz CT molecular complexity index is 639. The molecule has 3 rings (SSSR count). The number of nitrogens with one attached hydrogen (secondary N) is 2. The van der Waals surface area contributed by atoms with Crippen molar-refractivity contribution in [1.82, 2.24) is 15.5 Å². The lowest BCUT2D eigenvalue weighted by Gasteiger charge is -2.29. The summed E-state index contributed by atoms with van der Waals surface area (Å²) >= 11 is 1.33. The van der Waals surface area contributed by atoms with Gasteiger partial charge in [-0.2, -0.15) is 0 Å². The van der Waals surface area contributed by atoms with Crippen LogP contribution in [-0.4, -0.2) is 35.1 Å². The largest absolute Gasteiger partial charge is 0.354 e. The first-order valence-electron chi connectivity index (χ1n) is 6.53. The van der Waals surface area contributed by atoms with Gasteiger partial charge in [0.15, 0.2) is 0 Å². The van der Waals surface area contributed by atoms with Crippen LogP contribution in [-0.2, 0) is 27.5 Å². The van der Waals surface area contributed by atoms with E-state index in [0.717, 1.165) is 10.4 Å². The Labute approximate surface area is 124 Å². The summed E-state index contributed by atoms with van der Waals surface area (Å²) in [4.78, 5) is 48.7. The van der Waals surface area contributed by atoms with Crippen molar-refractivity contribution in [3.05, 3.63) is 21.4 Å². The molecule has 0 saturated carbocycles. The second-order valence-corrected chi connectivity index (χ2v) is 6.10. The molecule has 0 bridgehead atoms. The number of carbonyl (C=O) groups is 4. The lowest BCUT2D eigenvalue weighted by Crippen LogP contribution is -2.52.